The standard InChI is InChI=1S/C39H78NO5P/c1-6-8-10-12-14-16-18-20-22-23-25-27-29-31-33-35-38(41)39(37-40(3,4)5,45-46(42,43)44)36-34-32-30-28-26-24-21-19-17-15-13-11-9-7-2/h20,22H,6-19,21,23-37H2,1-5H3,(H-,42,43,44)/p+1. The minimum absolute atomic E-state index is 0.142. The van der Waals surface area contributed by atoms with E-state index in [-0.39, 0.29) is 12.3 Å². The zero-order valence-electron chi connectivity index (χ0n) is 31.4. The molecule has 6 nitrogen and oxygen atoms in total. The number of unbranched alkanes of at least 4 members (excludes halogenated alkanes) is 24. The van der Waals surface area contributed by atoms with E-state index in [1.165, 1.54) is 122 Å². The summed E-state index contributed by atoms with van der Waals surface area (Å²) in [5, 5.41) is 0. The number of carbonyl (C=O) groups is 1. The van der Waals surface area contributed by atoms with Gasteiger partial charge in [-0.15, -0.1) is 0 Å². The Kier molecular flexibility index (Phi) is 29.1. The van der Waals surface area contributed by atoms with Crippen molar-refractivity contribution in [2.75, 3.05) is 27.7 Å². The summed E-state index contributed by atoms with van der Waals surface area (Å²) in [5.41, 5.74) is -1.44. The normalized spacial score (nSPS) is 13.9. The van der Waals surface area contributed by atoms with Crippen LogP contribution in [0.15, 0.2) is 12.2 Å². The molecule has 2 N–H and O–H groups in total. The van der Waals surface area contributed by atoms with Crippen molar-refractivity contribution in [2.24, 2.45) is 0 Å². The molecule has 0 aromatic carbocycles. The average molecular weight is 673 g/mol. The number of nitrogens with zero attached hydrogens (tertiary/aromatic N) is 1. The van der Waals surface area contributed by atoms with Gasteiger partial charge in [0.2, 0.25) is 0 Å². The maximum Gasteiger partial charge on any atom is 0.470 e. The first-order valence-corrected chi connectivity index (χ1v) is 21.2. The number of quaternary nitrogens is 1. The third kappa shape index (κ3) is 29.6. The molecular weight excluding hydrogens is 593 g/mol. The van der Waals surface area contributed by atoms with E-state index >= 15 is 0 Å². The minimum Gasteiger partial charge on any atom is -0.328 e. The monoisotopic (exact) mass is 673 g/mol. The summed E-state index contributed by atoms with van der Waals surface area (Å²) in [6.45, 7) is 4.78. The zero-order chi connectivity index (χ0) is 34.4. The molecule has 0 aliphatic carbocycles. The van der Waals surface area contributed by atoms with Gasteiger partial charge in [0.25, 0.3) is 0 Å². The molecule has 1 atom stereocenters. The summed E-state index contributed by atoms with van der Waals surface area (Å²) in [7, 11) is 1.04. The molecule has 0 saturated carbocycles. The number of hydrogen-bond acceptors (Lipinski definition) is 3. The van der Waals surface area contributed by atoms with Gasteiger partial charge in [0, 0.05) is 6.42 Å². The lowest BCUT2D eigenvalue weighted by Gasteiger charge is -2.38. The molecular formula is C39H79NO5P+. The second-order valence-electron chi connectivity index (χ2n) is 15.1. The largest absolute Gasteiger partial charge is 0.470 e. The van der Waals surface area contributed by atoms with Crippen LogP contribution in [0.5, 0.6) is 0 Å². The summed E-state index contributed by atoms with van der Waals surface area (Å²) in [4.78, 5) is 33.3. The first kappa shape index (κ1) is 45.5. The highest BCUT2D eigenvalue weighted by Gasteiger charge is 2.47. The van der Waals surface area contributed by atoms with Crippen LogP contribution in [0, 0.1) is 0 Å². The topological polar surface area (TPSA) is 83.8 Å². The van der Waals surface area contributed by atoms with Gasteiger partial charge in [-0.3, -0.25) is 9.32 Å². The fourth-order valence-electron chi connectivity index (χ4n) is 6.62. The summed E-state index contributed by atoms with van der Waals surface area (Å²) >= 11 is 0. The van der Waals surface area contributed by atoms with Gasteiger partial charge >= 0.3 is 7.82 Å². The molecule has 0 aromatic heterocycles. The Morgan fingerprint density at radius 3 is 1.30 bits per heavy atom. The van der Waals surface area contributed by atoms with Crippen molar-refractivity contribution in [1.82, 2.24) is 0 Å². The van der Waals surface area contributed by atoms with Gasteiger partial charge in [-0.1, -0.05) is 161 Å². The first-order chi connectivity index (χ1) is 22.0. The van der Waals surface area contributed by atoms with E-state index in [9.17, 15) is 19.1 Å². The molecule has 0 rings (SSSR count). The Morgan fingerprint density at radius 1 is 0.587 bits per heavy atom. The predicted octanol–water partition coefficient (Wildman–Crippen LogP) is 12.0. The number of carbonyl (C=O) groups excluding carboxylic acids is 1. The molecule has 0 aliphatic rings. The van der Waals surface area contributed by atoms with Crippen molar-refractivity contribution < 1.29 is 28.2 Å². The molecule has 0 aromatic rings. The van der Waals surface area contributed by atoms with Crippen molar-refractivity contribution in [1.29, 1.82) is 0 Å². The predicted molar refractivity (Wildman–Crippen MR) is 198 cm³/mol. The highest BCUT2D eigenvalue weighted by molar-refractivity contribution is 7.46. The van der Waals surface area contributed by atoms with E-state index in [0.29, 0.717) is 17.3 Å². The lowest BCUT2D eigenvalue weighted by atomic mass is 9.87. The van der Waals surface area contributed by atoms with Gasteiger partial charge < -0.3 is 14.3 Å². The molecule has 0 amide bonds. The summed E-state index contributed by atoms with van der Waals surface area (Å²) in [5.74, 6) is -0.142. The summed E-state index contributed by atoms with van der Waals surface area (Å²) in [6, 6.07) is 0. The zero-order valence-corrected chi connectivity index (χ0v) is 32.3. The van der Waals surface area contributed by atoms with E-state index in [4.69, 9.17) is 4.52 Å². The van der Waals surface area contributed by atoms with Gasteiger partial charge in [-0.2, -0.15) is 0 Å². The number of rotatable bonds is 35. The van der Waals surface area contributed by atoms with Crippen LogP contribution in [0.1, 0.15) is 200 Å². The number of phosphoric ester groups is 1. The Hall–Kier alpha value is -0.520. The Morgan fingerprint density at radius 2 is 0.935 bits per heavy atom. The maximum atomic E-state index is 13.6. The molecule has 1 unspecified atom stereocenters. The molecule has 0 fully saturated rings. The van der Waals surface area contributed by atoms with Crippen LogP contribution in [0.3, 0.4) is 0 Å². The third-order valence-corrected chi connectivity index (χ3v) is 9.72. The van der Waals surface area contributed by atoms with Crippen molar-refractivity contribution in [2.45, 2.75) is 206 Å². The highest BCUT2D eigenvalue weighted by Crippen LogP contribution is 2.45. The van der Waals surface area contributed by atoms with Crippen LogP contribution in [0.2, 0.25) is 0 Å². The Labute approximate surface area is 286 Å². The second kappa shape index (κ2) is 29.4. The van der Waals surface area contributed by atoms with Crippen LogP contribution >= 0.6 is 7.82 Å². The molecule has 0 radical (unpaired) electrons. The van der Waals surface area contributed by atoms with E-state index < -0.39 is 13.4 Å². The fourth-order valence-corrected chi connectivity index (χ4v) is 7.32. The van der Waals surface area contributed by atoms with Crippen molar-refractivity contribution in [3.8, 4) is 0 Å². The van der Waals surface area contributed by atoms with Crippen LogP contribution in [-0.4, -0.2) is 53.3 Å². The van der Waals surface area contributed by atoms with Gasteiger partial charge in [-0.25, -0.2) is 4.57 Å². The average Bonchev–Trinajstić information content (AvgIpc) is 2.97. The van der Waals surface area contributed by atoms with Gasteiger partial charge in [0.05, 0.1) is 21.1 Å². The smallest absolute Gasteiger partial charge is 0.328 e. The first-order valence-electron chi connectivity index (χ1n) is 19.7. The van der Waals surface area contributed by atoms with Gasteiger partial charge in [-0.05, 0) is 44.9 Å². The lowest BCUT2D eigenvalue weighted by molar-refractivity contribution is -0.875. The van der Waals surface area contributed by atoms with E-state index in [1.807, 2.05) is 21.1 Å². The second-order valence-corrected chi connectivity index (χ2v) is 16.3. The van der Waals surface area contributed by atoms with E-state index in [2.05, 4.69) is 26.0 Å². The SMILES string of the molecule is CCCCCCCCC=CCCCCCCCC(=O)C(CCCCCCCCCCCCCCCC)(C[N+](C)(C)C)OP(=O)(O)O. The van der Waals surface area contributed by atoms with Crippen LogP contribution in [0.25, 0.3) is 0 Å². The Bertz CT molecular complexity index is 775. The van der Waals surface area contributed by atoms with Crippen molar-refractivity contribution in [3.05, 3.63) is 12.2 Å². The molecule has 0 heterocycles. The molecule has 0 bridgehead atoms. The molecule has 274 valence electrons. The molecule has 0 spiro atoms. The molecule has 0 saturated heterocycles. The fraction of sp³-hybridized carbons (Fsp3) is 0.923. The number of likely N-dealkylation sites (N-methyl/N-ethyl adjacent to an activating group) is 1. The summed E-state index contributed by atoms with van der Waals surface area (Å²) in [6.07, 6.45) is 38.2. The number of hydrogen-bond donors (Lipinski definition) is 2. The van der Waals surface area contributed by atoms with Gasteiger partial charge in [0.15, 0.2) is 11.4 Å². The van der Waals surface area contributed by atoms with Crippen LogP contribution < -0.4 is 0 Å². The van der Waals surface area contributed by atoms with Crippen molar-refractivity contribution >= 4 is 13.6 Å². The lowest BCUT2D eigenvalue weighted by Crippen LogP contribution is -2.55. The number of Topliss-reactive ketones (excluding diaryl/α,β-unsaturated/α-hetero) is 1. The third-order valence-electron chi connectivity index (χ3n) is 9.13. The summed E-state index contributed by atoms with van der Waals surface area (Å²) < 4.78 is 18.0. The van der Waals surface area contributed by atoms with Crippen LogP contribution in [-0.2, 0) is 13.9 Å². The van der Waals surface area contributed by atoms with Crippen LogP contribution in [0.4, 0.5) is 0 Å². The number of phosphoric acid groups is 1. The van der Waals surface area contributed by atoms with E-state index in [0.717, 1.165) is 51.4 Å². The van der Waals surface area contributed by atoms with Crippen molar-refractivity contribution in [3.63, 3.8) is 0 Å². The van der Waals surface area contributed by atoms with E-state index in [1.54, 1.807) is 0 Å². The van der Waals surface area contributed by atoms with Gasteiger partial charge in [0.1, 0.15) is 6.54 Å². The minimum atomic E-state index is -4.83. The highest BCUT2D eigenvalue weighted by atomic mass is 31.2. The Balaban J connectivity index is 4.47. The number of ketones is 1. The molecule has 0 aliphatic heterocycles. The maximum absolute atomic E-state index is 13.6. The number of allylic oxidation sites excluding steroid dienone is 2. The molecule has 7 heteroatoms. The molecule has 46 heavy (non-hydrogen) atoms. The quantitative estimate of drug-likeness (QED) is 0.0303.